The summed E-state index contributed by atoms with van der Waals surface area (Å²) in [6, 6.07) is 80.4. The van der Waals surface area contributed by atoms with Crippen molar-refractivity contribution in [1.82, 2.24) is 0 Å². The Bertz CT molecular complexity index is 2740. The van der Waals surface area contributed by atoms with E-state index in [1.807, 2.05) is 121 Å². The van der Waals surface area contributed by atoms with Crippen LogP contribution in [0.15, 0.2) is 243 Å². The third kappa shape index (κ3) is 9.40. The van der Waals surface area contributed by atoms with Crippen LogP contribution >= 0.6 is 21.4 Å². The van der Waals surface area contributed by atoms with Gasteiger partial charge in [0.2, 0.25) is 0 Å². The quantitative estimate of drug-likeness (QED) is 0.0592. The van der Waals surface area contributed by atoms with Crippen molar-refractivity contribution in [3.8, 4) is 6.07 Å². The molecule has 0 saturated heterocycles. The molecule has 0 saturated carbocycles. The Balaban J connectivity index is 0.000000570. The van der Waals surface area contributed by atoms with Gasteiger partial charge in [0.05, 0.1) is 6.07 Å². The predicted molar refractivity (Wildman–Crippen MR) is 264 cm³/mol. The minimum atomic E-state index is -6.54. The molecule has 0 aliphatic carbocycles. The summed E-state index contributed by atoms with van der Waals surface area (Å²) in [5.74, 6) is 0. The Hall–Kier alpha value is -6.03. The SMILES string of the molecule is CC#N.FP(F)(C(=P(c1ccccc1)(c1ccccc1)c1ccccc1)[P+](c1ccccc1)(c1ccccc1)c1ccccc1)(c1ccccc1)c1ccccc1.O=S(=O)([O-])C(F)(F)F. The van der Waals surface area contributed by atoms with Gasteiger partial charge in [0.1, 0.15) is 0 Å². The molecule has 0 heterocycles. The largest absolute Gasteiger partial charge is 0.741 e. The van der Waals surface area contributed by atoms with Crippen LogP contribution in [0.5, 0.6) is 0 Å². The van der Waals surface area contributed by atoms with Crippen molar-refractivity contribution in [2.24, 2.45) is 0 Å². The number of halogens is 5. The van der Waals surface area contributed by atoms with E-state index in [0.717, 1.165) is 31.8 Å². The third-order valence-corrected chi connectivity index (χ3v) is 27.5. The van der Waals surface area contributed by atoms with Crippen molar-refractivity contribution < 1.29 is 34.5 Å². The van der Waals surface area contributed by atoms with E-state index in [0.29, 0.717) is 4.78 Å². The number of nitriles is 1. The average Bonchev–Trinajstić information content (AvgIpc) is 3.34. The first-order valence-corrected chi connectivity index (χ1v) is 27.1. The first-order chi connectivity index (χ1) is 31.2. The summed E-state index contributed by atoms with van der Waals surface area (Å²) in [5, 5.41) is 12.8. The molecule has 0 amide bonds. The zero-order valence-corrected chi connectivity index (χ0v) is 38.4. The smallest absolute Gasteiger partial charge is 0.485 e. The van der Waals surface area contributed by atoms with Crippen molar-refractivity contribution in [2.75, 3.05) is 0 Å². The molecule has 8 aromatic carbocycles. The molecule has 0 aliphatic rings. The zero-order valence-electron chi connectivity index (χ0n) is 34.9. The van der Waals surface area contributed by atoms with E-state index >= 15 is 8.39 Å². The number of alkyl halides is 3. The van der Waals surface area contributed by atoms with E-state index in [2.05, 4.69) is 72.8 Å². The van der Waals surface area contributed by atoms with Crippen LogP contribution in [-0.4, -0.2) is 23.3 Å². The summed E-state index contributed by atoms with van der Waals surface area (Å²) in [6.07, 6.45) is 0. The van der Waals surface area contributed by atoms with Gasteiger partial charge in [-0.3, -0.25) is 0 Å². The second kappa shape index (κ2) is 20.4. The van der Waals surface area contributed by atoms with Gasteiger partial charge in [0, 0.05) is 6.92 Å². The molecule has 0 atom stereocenters. The Morgan fingerprint density at radius 3 is 0.908 bits per heavy atom. The molecule has 65 heavy (non-hydrogen) atoms. The van der Waals surface area contributed by atoms with Crippen molar-refractivity contribution in [1.29, 1.82) is 5.26 Å². The van der Waals surface area contributed by atoms with E-state index in [9.17, 15) is 13.2 Å². The molecule has 330 valence electrons. The molecule has 4 nitrogen and oxygen atoms in total. The van der Waals surface area contributed by atoms with Crippen LogP contribution in [0.3, 0.4) is 0 Å². The molecule has 0 aromatic heterocycles. The first kappa shape index (κ1) is 48.4. The van der Waals surface area contributed by atoms with Gasteiger partial charge in [-0.25, -0.2) is 8.42 Å². The summed E-state index contributed by atoms with van der Waals surface area (Å²) in [5.41, 5.74) is -5.65. The van der Waals surface area contributed by atoms with Gasteiger partial charge >= 0.3 is 325 Å². The molecule has 0 aliphatic heterocycles. The van der Waals surface area contributed by atoms with Crippen molar-refractivity contribution in [3.63, 3.8) is 0 Å². The van der Waals surface area contributed by atoms with Crippen LogP contribution in [0.2, 0.25) is 0 Å². The molecule has 13 heteroatoms. The summed E-state index contributed by atoms with van der Waals surface area (Å²) in [7, 11) is -16.2. The Morgan fingerprint density at radius 1 is 0.492 bits per heavy atom. The van der Waals surface area contributed by atoms with Gasteiger partial charge in [-0.2, -0.15) is 18.4 Å². The summed E-state index contributed by atoms with van der Waals surface area (Å²) >= 11 is 0. The average molecular weight is 950 g/mol. The minimum Gasteiger partial charge on any atom is -0.741 e. The van der Waals surface area contributed by atoms with Gasteiger partial charge in [-0.1, -0.05) is 0 Å². The molecule has 8 aromatic rings. The standard InChI is InChI=1S/C49H40F2P3.C2H3N.CHF3O3S/c50-54(51,47-37-21-7-22-38-47,48-39-23-8-24-40-48)49(52(41-25-9-1-10-26-41,42-27-11-2-12-28-42)43-29-13-3-14-30-43)53(44-31-15-4-16-32-44,45-33-17-5-18-34-45)46-35-19-6-20-36-46;1-2-3;2-1(3,4)8(5,6)7/h1-40H;1H3;(H,5,6,7)/q+1;;/p-1. The fourth-order valence-electron chi connectivity index (χ4n) is 8.01. The normalized spacial score (nSPS) is 12.4. The van der Waals surface area contributed by atoms with Crippen LogP contribution in [0.1, 0.15) is 6.92 Å². The maximum Gasteiger partial charge on any atom is 0.485 e. The molecule has 0 spiro atoms. The second-order valence-corrected chi connectivity index (χ2v) is 26.8. The molecular weight excluding hydrogens is 907 g/mol. The van der Waals surface area contributed by atoms with Crippen LogP contribution in [0, 0.1) is 11.3 Å². The van der Waals surface area contributed by atoms with Gasteiger partial charge in [-0.05, 0) is 0 Å². The molecule has 8 rings (SSSR count). The summed E-state index contributed by atoms with van der Waals surface area (Å²) in [6.45, 7) is -2.09. The first-order valence-electron chi connectivity index (χ1n) is 20.1. The molecule has 0 bridgehead atoms. The second-order valence-electron chi connectivity index (χ2n) is 14.4. The Labute approximate surface area is 377 Å². The third-order valence-electron chi connectivity index (χ3n) is 10.5. The van der Waals surface area contributed by atoms with Crippen LogP contribution in [0.25, 0.3) is 0 Å². The van der Waals surface area contributed by atoms with Crippen molar-refractivity contribution in [2.45, 2.75) is 12.4 Å². The Morgan fingerprint density at radius 2 is 0.692 bits per heavy atom. The fourth-order valence-corrected chi connectivity index (χ4v) is 28.6. The topological polar surface area (TPSA) is 81.0 Å². The van der Waals surface area contributed by atoms with E-state index in [1.165, 1.54) is 6.92 Å². The molecule has 0 radical (unpaired) electrons. The number of hydrogen-bond donors (Lipinski definition) is 0. The van der Waals surface area contributed by atoms with Crippen molar-refractivity contribution >= 4 is 78.7 Å². The van der Waals surface area contributed by atoms with E-state index < -0.39 is 37.0 Å². The van der Waals surface area contributed by atoms with E-state index in [1.54, 1.807) is 54.6 Å². The van der Waals surface area contributed by atoms with Gasteiger partial charge in [0.15, 0.2) is 10.1 Å². The fraction of sp³-hybridized carbons (Fsp3) is 0.0385. The van der Waals surface area contributed by atoms with E-state index in [-0.39, 0.29) is 10.6 Å². The minimum absolute atomic E-state index is 0.0593. The summed E-state index contributed by atoms with van der Waals surface area (Å²) < 4.78 is 102. The van der Waals surface area contributed by atoms with Gasteiger partial charge in [-0.15, -0.1) is 0 Å². The van der Waals surface area contributed by atoms with Crippen molar-refractivity contribution in [3.05, 3.63) is 243 Å². The number of rotatable bonds is 10. The number of nitrogens with zero attached hydrogens (tertiary/aromatic N) is 1. The van der Waals surface area contributed by atoms with Gasteiger partial charge < -0.3 is 4.55 Å². The monoisotopic (exact) mass is 949 g/mol. The maximum absolute atomic E-state index is 21.2. The summed E-state index contributed by atoms with van der Waals surface area (Å²) in [4.78, 5) is 0. The van der Waals surface area contributed by atoms with E-state index in [4.69, 9.17) is 18.2 Å². The number of benzene rings is 8. The zero-order chi connectivity index (χ0) is 46.6. The molecule has 0 unspecified atom stereocenters. The number of hydrogen-bond acceptors (Lipinski definition) is 4. The molecular formula is C52H43F5NO3P3S. The van der Waals surface area contributed by atoms with Crippen LogP contribution in [0.4, 0.5) is 21.6 Å². The maximum atomic E-state index is 21.2. The molecule has 0 fully saturated rings. The van der Waals surface area contributed by atoms with Crippen LogP contribution in [-0.2, 0) is 10.1 Å². The predicted octanol–water partition coefficient (Wildman–Crippen LogP) is 10.6. The van der Waals surface area contributed by atoms with Gasteiger partial charge in [0.25, 0.3) is 0 Å². The van der Waals surface area contributed by atoms with Crippen LogP contribution < -0.4 is 42.4 Å². The Kier molecular flexibility index (Phi) is 15.2. The molecule has 0 N–H and O–H groups in total.